The number of likely N-dealkylation sites (tertiary alicyclic amines) is 1. The summed E-state index contributed by atoms with van der Waals surface area (Å²) in [6, 6.07) is 0.365. The average molecular weight is 293 g/mol. The van der Waals surface area contributed by atoms with Crippen molar-refractivity contribution in [2.75, 3.05) is 6.54 Å². The predicted octanol–water partition coefficient (Wildman–Crippen LogP) is 3.92. The van der Waals surface area contributed by atoms with Crippen LogP contribution in [0.2, 0.25) is 0 Å². The summed E-state index contributed by atoms with van der Waals surface area (Å²) in [4.78, 5) is 14.2. The van der Waals surface area contributed by atoms with Crippen molar-refractivity contribution in [3.8, 4) is 0 Å². The standard InChI is InChI=1S/C18H31NO2/c1-2-5-13-6-3-8-15(11-10-13)19-12-14-7-4-9-16(14)17(19)18(20)21/h13-17H,2-12H2,1H3,(H,20,21). The van der Waals surface area contributed by atoms with Crippen LogP contribution in [0.25, 0.3) is 0 Å². The van der Waals surface area contributed by atoms with Gasteiger partial charge in [-0.1, -0.05) is 39.0 Å². The highest BCUT2D eigenvalue weighted by atomic mass is 16.4. The molecular formula is C18H31NO2. The third-order valence-corrected chi connectivity index (χ3v) is 6.40. The van der Waals surface area contributed by atoms with Gasteiger partial charge in [-0.15, -0.1) is 0 Å². The maximum Gasteiger partial charge on any atom is 0.321 e. The van der Waals surface area contributed by atoms with Crippen LogP contribution in [0.15, 0.2) is 0 Å². The second-order valence-electron chi connectivity index (χ2n) is 7.65. The van der Waals surface area contributed by atoms with Crippen LogP contribution in [-0.4, -0.2) is 34.6 Å². The molecule has 1 heterocycles. The molecule has 0 aromatic rings. The van der Waals surface area contributed by atoms with Crippen LogP contribution in [0.4, 0.5) is 0 Å². The summed E-state index contributed by atoms with van der Waals surface area (Å²) in [7, 11) is 0. The summed E-state index contributed by atoms with van der Waals surface area (Å²) < 4.78 is 0. The highest BCUT2D eigenvalue weighted by Crippen LogP contribution is 2.44. The minimum atomic E-state index is -0.557. The van der Waals surface area contributed by atoms with Gasteiger partial charge in [0, 0.05) is 12.6 Å². The normalized spacial score (nSPS) is 40.9. The van der Waals surface area contributed by atoms with Crippen molar-refractivity contribution >= 4 is 5.97 Å². The maximum absolute atomic E-state index is 11.8. The number of carboxylic acid groups (broad SMARTS) is 1. The molecule has 1 N–H and O–H groups in total. The van der Waals surface area contributed by atoms with Crippen LogP contribution in [0.5, 0.6) is 0 Å². The lowest BCUT2D eigenvalue weighted by atomic mass is 9.93. The van der Waals surface area contributed by atoms with Gasteiger partial charge in [0.25, 0.3) is 0 Å². The van der Waals surface area contributed by atoms with Crippen molar-refractivity contribution < 1.29 is 9.90 Å². The Labute approximate surface area is 129 Å². The minimum absolute atomic E-state index is 0.176. The molecule has 0 spiro atoms. The first kappa shape index (κ1) is 15.3. The molecule has 3 nitrogen and oxygen atoms in total. The van der Waals surface area contributed by atoms with E-state index in [9.17, 15) is 9.90 Å². The second-order valence-corrected chi connectivity index (χ2v) is 7.65. The third kappa shape index (κ3) is 3.13. The van der Waals surface area contributed by atoms with Gasteiger partial charge in [0.2, 0.25) is 0 Å². The van der Waals surface area contributed by atoms with Crippen molar-refractivity contribution in [1.82, 2.24) is 4.90 Å². The first-order valence-corrected chi connectivity index (χ1v) is 9.19. The highest BCUT2D eigenvalue weighted by Gasteiger charge is 2.49. The van der Waals surface area contributed by atoms with E-state index < -0.39 is 5.97 Å². The highest BCUT2D eigenvalue weighted by molar-refractivity contribution is 5.74. The van der Waals surface area contributed by atoms with Crippen LogP contribution in [0, 0.1) is 17.8 Å². The number of aliphatic carboxylic acids is 1. The fourth-order valence-corrected chi connectivity index (χ4v) is 5.43. The van der Waals surface area contributed by atoms with E-state index >= 15 is 0 Å². The monoisotopic (exact) mass is 293 g/mol. The number of rotatable bonds is 4. The molecular weight excluding hydrogens is 262 g/mol. The number of carboxylic acids is 1. The molecule has 1 saturated heterocycles. The Morgan fingerprint density at radius 2 is 1.90 bits per heavy atom. The van der Waals surface area contributed by atoms with Gasteiger partial charge in [-0.25, -0.2) is 0 Å². The molecule has 5 unspecified atom stereocenters. The lowest BCUT2D eigenvalue weighted by molar-refractivity contribution is -0.144. The predicted molar refractivity (Wildman–Crippen MR) is 84.2 cm³/mol. The van der Waals surface area contributed by atoms with Crippen molar-refractivity contribution in [3.63, 3.8) is 0 Å². The molecule has 5 atom stereocenters. The number of hydrogen-bond donors (Lipinski definition) is 1. The Hall–Kier alpha value is -0.570. The van der Waals surface area contributed by atoms with Crippen LogP contribution < -0.4 is 0 Å². The lowest BCUT2D eigenvalue weighted by Gasteiger charge is -2.32. The van der Waals surface area contributed by atoms with E-state index in [-0.39, 0.29) is 6.04 Å². The smallest absolute Gasteiger partial charge is 0.321 e. The SMILES string of the molecule is CCCC1CCCC(N2CC3CCCC3C2C(=O)O)CC1. The van der Waals surface area contributed by atoms with E-state index in [1.807, 2.05) is 0 Å². The van der Waals surface area contributed by atoms with Crippen LogP contribution in [0.3, 0.4) is 0 Å². The Balaban J connectivity index is 1.66. The summed E-state index contributed by atoms with van der Waals surface area (Å²) in [6.07, 6.45) is 12.7. The lowest BCUT2D eigenvalue weighted by Crippen LogP contribution is -2.45. The Bertz CT molecular complexity index is 370. The molecule has 0 aromatic heterocycles. The van der Waals surface area contributed by atoms with Gasteiger partial charge in [-0.2, -0.15) is 0 Å². The van der Waals surface area contributed by atoms with Crippen molar-refractivity contribution in [1.29, 1.82) is 0 Å². The Morgan fingerprint density at radius 3 is 2.67 bits per heavy atom. The molecule has 2 aliphatic carbocycles. The summed E-state index contributed by atoms with van der Waals surface area (Å²) in [5.41, 5.74) is 0. The van der Waals surface area contributed by atoms with E-state index in [2.05, 4.69) is 11.8 Å². The summed E-state index contributed by atoms with van der Waals surface area (Å²) in [5.74, 6) is 1.45. The fraction of sp³-hybridized carbons (Fsp3) is 0.944. The van der Waals surface area contributed by atoms with E-state index in [0.29, 0.717) is 17.9 Å². The molecule has 21 heavy (non-hydrogen) atoms. The van der Waals surface area contributed by atoms with Crippen LogP contribution in [0.1, 0.15) is 71.1 Å². The minimum Gasteiger partial charge on any atom is -0.480 e. The van der Waals surface area contributed by atoms with Gasteiger partial charge in [0.1, 0.15) is 6.04 Å². The van der Waals surface area contributed by atoms with Crippen molar-refractivity contribution in [2.45, 2.75) is 83.2 Å². The van der Waals surface area contributed by atoms with E-state index in [4.69, 9.17) is 0 Å². The topological polar surface area (TPSA) is 40.5 Å². The third-order valence-electron chi connectivity index (χ3n) is 6.40. The fourth-order valence-electron chi connectivity index (χ4n) is 5.43. The largest absolute Gasteiger partial charge is 0.480 e. The molecule has 3 rings (SSSR count). The molecule has 0 bridgehead atoms. The molecule has 1 aliphatic heterocycles. The zero-order chi connectivity index (χ0) is 14.8. The Morgan fingerprint density at radius 1 is 1.10 bits per heavy atom. The number of carbonyl (C=O) groups is 1. The molecule has 0 radical (unpaired) electrons. The molecule has 3 aliphatic rings. The van der Waals surface area contributed by atoms with Gasteiger partial charge in [-0.3, -0.25) is 9.69 Å². The van der Waals surface area contributed by atoms with Gasteiger partial charge in [0.05, 0.1) is 0 Å². The van der Waals surface area contributed by atoms with E-state index in [0.717, 1.165) is 18.9 Å². The molecule has 0 aromatic carbocycles. The maximum atomic E-state index is 11.8. The number of nitrogens with zero attached hydrogens (tertiary/aromatic N) is 1. The van der Waals surface area contributed by atoms with E-state index in [1.165, 1.54) is 57.8 Å². The van der Waals surface area contributed by atoms with Crippen molar-refractivity contribution in [2.24, 2.45) is 17.8 Å². The summed E-state index contributed by atoms with van der Waals surface area (Å²) in [5, 5.41) is 9.73. The van der Waals surface area contributed by atoms with Gasteiger partial charge >= 0.3 is 5.97 Å². The van der Waals surface area contributed by atoms with Crippen molar-refractivity contribution in [3.05, 3.63) is 0 Å². The quantitative estimate of drug-likeness (QED) is 0.799. The van der Waals surface area contributed by atoms with Gasteiger partial charge < -0.3 is 5.11 Å². The first-order valence-electron chi connectivity index (χ1n) is 9.19. The van der Waals surface area contributed by atoms with Crippen LogP contribution >= 0.6 is 0 Å². The summed E-state index contributed by atoms with van der Waals surface area (Å²) in [6.45, 7) is 3.34. The molecule has 2 saturated carbocycles. The van der Waals surface area contributed by atoms with Gasteiger partial charge in [-0.05, 0) is 49.9 Å². The van der Waals surface area contributed by atoms with E-state index in [1.54, 1.807) is 0 Å². The zero-order valence-corrected chi connectivity index (χ0v) is 13.5. The number of fused-ring (bicyclic) bond motifs is 1. The molecule has 120 valence electrons. The molecule has 3 heteroatoms. The molecule has 3 fully saturated rings. The van der Waals surface area contributed by atoms with Gasteiger partial charge in [0.15, 0.2) is 0 Å². The number of hydrogen-bond acceptors (Lipinski definition) is 2. The zero-order valence-electron chi connectivity index (χ0n) is 13.5. The average Bonchev–Trinajstić information content (AvgIpc) is 2.94. The van der Waals surface area contributed by atoms with Crippen LogP contribution in [-0.2, 0) is 4.79 Å². The summed E-state index contributed by atoms with van der Waals surface area (Å²) >= 11 is 0. The molecule has 0 amide bonds. The second kappa shape index (κ2) is 6.68. The first-order chi connectivity index (χ1) is 10.2. The Kier molecular flexibility index (Phi) is 4.88.